The molecule has 0 saturated heterocycles. The smallest absolute Gasteiger partial charge is 0.240 e. The molecule has 0 bridgehead atoms. The first-order chi connectivity index (χ1) is 7.89. The number of aryl methyl sites for hydroxylation is 1. The number of hydrogen-bond donors (Lipinski definition) is 1. The molecule has 17 heavy (non-hydrogen) atoms. The fourth-order valence-corrected chi connectivity index (χ4v) is 2.59. The van der Waals surface area contributed by atoms with Crippen LogP contribution < -0.4 is 0 Å². The van der Waals surface area contributed by atoms with Gasteiger partial charge in [0.05, 0.1) is 5.56 Å². The van der Waals surface area contributed by atoms with Crippen LogP contribution in [0.4, 0.5) is 4.39 Å². The monoisotopic (exact) mass is 259 g/mol. The Bertz CT molecular complexity index is 470. The van der Waals surface area contributed by atoms with Gasteiger partial charge in [-0.2, -0.15) is 4.39 Å². The van der Waals surface area contributed by atoms with E-state index in [-0.39, 0.29) is 17.0 Å². The lowest BCUT2D eigenvalue weighted by Crippen LogP contribution is -2.18. The number of aromatic nitrogens is 2. The maximum atomic E-state index is 13.3. The fourth-order valence-electron chi connectivity index (χ4n) is 1.49. The molecule has 0 radical (unpaired) electrons. The van der Waals surface area contributed by atoms with Gasteiger partial charge in [-0.3, -0.25) is 0 Å². The van der Waals surface area contributed by atoms with E-state index in [1.807, 2.05) is 13.8 Å². The van der Waals surface area contributed by atoms with Crippen LogP contribution in [-0.2, 0) is 17.6 Å². The summed E-state index contributed by atoms with van der Waals surface area (Å²) in [5, 5.41) is 17.8. The minimum Gasteiger partial charge on any atom is -0.493 e. The quantitative estimate of drug-likeness (QED) is 0.882. The number of halogens is 1. The topological polar surface area (TPSA) is 59.6 Å². The van der Waals surface area contributed by atoms with Gasteiger partial charge >= 0.3 is 0 Å². The van der Waals surface area contributed by atoms with Crippen LogP contribution >= 0.6 is 11.8 Å². The Morgan fingerprint density at radius 2 is 2.29 bits per heavy atom. The molecule has 1 aromatic heterocycles. The van der Waals surface area contributed by atoms with Gasteiger partial charge in [-0.25, -0.2) is 4.68 Å². The highest BCUT2D eigenvalue weighted by atomic mass is 32.2. The van der Waals surface area contributed by atoms with Crippen LogP contribution in [0.3, 0.4) is 0 Å². The van der Waals surface area contributed by atoms with Crippen LogP contribution in [0.1, 0.15) is 25.8 Å². The molecule has 94 valence electrons. The summed E-state index contributed by atoms with van der Waals surface area (Å²) in [6, 6.07) is 0. The van der Waals surface area contributed by atoms with Crippen LogP contribution in [0.25, 0.3) is 0 Å². The molecule has 1 aliphatic heterocycles. The predicted molar refractivity (Wildman–Crippen MR) is 63.3 cm³/mol. The second-order valence-electron chi connectivity index (χ2n) is 4.52. The predicted octanol–water partition coefficient (Wildman–Crippen LogP) is 2.01. The van der Waals surface area contributed by atoms with E-state index in [9.17, 15) is 9.50 Å². The van der Waals surface area contributed by atoms with E-state index in [1.165, 1.54) is 18.8 Å². The van der Waals surface area contributed by atoms with Gasteiger partial charge in [0.2, 0.25) is 11.8 Å². The van der Waals surface area contributed by atoms with E-state index in [0.717, 1.165) is 9.73 Å². The molecule has 7 heteroatoms. The molecule has 5 nitrogen and oxygen atoms in total. The molecule has 1 aliphatic rings. The molecule has 2 rings (SSSR count). The SMILES string of the molecule is Cn1nc(F)c(CSC2=NOC(C)(C)C2)c1O. The average molecular weight is 259 g/mol. The molecule has 0 spiro atoms. The van der Waals surface area contributed by atoms with Crippen molar-refractivity contribution in [3.63, 3.8) is 0 Å². The van der Waals surface area contributed by atoms with Crippen molar-refractivity contribution in [2.75, 3.05) is 0 Å². The summed E-state index contributed by atoms with van der Waals surface area (Å²) in [5.41, 5.74) is -0.0948. The Labute approximate surface area is 103 Å². The van der Waals surface area contributed by atoms with Gasteiger partial charge in [0.1, 0.15) is 10.6 Å². The van der Waals surface area contributed by atoms with Gasteiger partial charge in [-0.1, -0.05) is 5.16 Å². The van der Waals surface area contributed by atoms with E-state index in [2.05, 4.69) is 10.3 Å². The Balaban J connectivity index is 1.99. The highest BCUT2D eigenvalue weighted by Crippen LogP contribution is 2.31. The number of nitrogens with zero attached hydrogens (tertiary/aromatic N) is 3. The fraction of sp³-hybridized carbons (Fsp3) is 0.600. The third kappa shape index (κ3) is 2.54. The minimum absolute atomic E-state index is 0.145. The zero-order valence-corrected chi connectivity index (χ0v) is 10.7. The second-order valence-corrected chi connectivity index (χ2v) is 5.57. The van der Waals surface area contributed by atoms with Gasteiger partial charge in [0.15, 0.2) is 0 Å². The molecule has 0 atom stereocenters. The van der Waals surface area contributed by atoms with Crippen LogP contribution in [0, 0.1) is 5.95 Å². The first-order valence-electron chi connectivity index (χ1n) is 5.17. The summed E-state index contributed by atoms with van der Waals surface area (Å²) in [4.78, 5) is 5.20. The van der Waals surface area contributed by atoms with Crippen molar-refractivity contribution in [3.8, 4) is 5.88 Å². The van der Waals surface area contributed by atoms with Gasteiger partial charge in [-0.05, 0) is 13.8 Å². The molecular weight excluding hydrogens is 245 g/mol. The summed E-state index contributed by atoms with van der Waals surface area (Å²) in [5.74, 6) is -0.492. The first-order valence-corrected chi connectivity index (χ1v) is 6.16. The van der Waals surface area contributed by atoms with Gasteiger partial charge in [-0.15, -0.1) is 16.9 Å². The highest BCUT2D eigenvalue weighted by Gasteiger charge is 2.29. The number of thioether (sulfide) groups is 1. The molecule has 0 fully saturated rings. The van der Waals surface area contributed by atoms with E-state index in [0.29, 0.717) is 12.2 Å². The summed E-state index contributed by atoms with van der Waals surface area (Å²) < 4.78 is 14.4. The minimum atomic E-state index is -0.642. The van der Waals surface area contributed by atoms with Crippen molar-refractivity contribution in [2.24, 2.45) is 12.2 Å². The molecule has 1 aromatic rings. The van der Waals surface area contributed by atoms with Crippen molar-refractivity contribution in [2.45, 2.75) is 31.6 Å². The van der Waals surface area contributed by atoms with Crippen LogP contribution in [0.5, 0.6) is 5.88 Å². The summed E-state index contributed by atoms with van der Waals surface area (Å²) in [7, 11) is 1.49. The molecule has 0 unspecified atom stereocenters. The van der Waals surface area contributed by atoms with Crippen molar-refractivity contribution in [3.05, 3.63) is 11.5 Å². The zero-order chi connectivity index (χ0) is 12.6. The van der Waals surface area contributed by atoms with Crippen molar-refractivity contribution in [1.29, 1.82) is 0 Å². The van der Waals surface area contributed by atoms with Crippen LogP contribution in [0.2, 0.25) is 0 Å². The molecular formula is C10H14FN3O2S. The maximum Gasteiger partial charge on any atom is 0.240 e. The van der Waals surface area contributed by atoms with Crippen molar-refractivity contribution >= 4 is 16.8 Å². The average Bonchev–Trinajstić information content (AvgIpc) is 2.68. The Hall–Kier alpha value is -1.24. The molecule has 0 saturated carbocycles. The van der Waals surface area contributed by atoms with E-state index < -0.39 is 5.95 Å². The number of rotatable bonds is 2. The number of oxime groups is 1. The standard InChI is InChI=1S/C10H14FN3O2S/c1-10(2)4-7(13-16-10)17-5-6-8(11)12-14(3)9(6)15/h15H,4-5H2,1-3H3. The van der Waals surface area contributed by atoms with Crippen LogP contribution in [-0.4, -0.2) is 25.5 Å². The van der Waals surface area contributed by atoms with Gasteiger partial charge in [0.25, 0.3) is 0 Å². The molecule has 2 heterocycles. The van der Waals surface area contributed by atoms with Crippen molar-refractivity contribution in [1.82, 2.24) is 9.78 Å². The van der Waals surface area contributed by atoms with E-state index >= 15 is 0 Å². The van der Waals surface area contributed by atoms with Crippen molar-refractivity contribution < 1.29 is 14.3 Å². The molecule has 1 N–H and O–H groups in total. The first kappa shape index (κ1) is 12.2. The second kappa shape index (κ2) is 4.21. The summed E-state index contributed by atoms with van der Waals surface area (Å²) >= 11 is 1.35. The Morgan fingerprint density at radius 3 is 2.76 bits per heavy atom. The lowest BCUT2D eigenvalue weighted by Gasteiger charge is -2.12. The Morgan fingerprint density at radius 1 is 1.59 bits per heavy atom. The molecule has 0 aliphatic carbocycles. The number of aromatic hydroxyl groups is 1. The van der Waals surface area contributed by atoms with E-state index in [1.54, 1.807) is 0 Å². The third-order valence-corrected chi connectivity index (χ3v) is 3.40. The largest absolute Gasteiger partial charge is 0.493 e. The lowest BCUT2D eigenvalue weighted by atomic mass is 10.1. The maximum absolute atomic E-state index is 13.3. The van der Waals surface area contributed by atoms with Gasteiger partial charge in [0, 0.05) is 19.2 Å². The van der Waals surface area contributed by atoms with Gasteiger partial charge < -0.3 is 9.94 Å². The van der Waals surface area contributed by atoms with Crippen LogP contribution in [0.15, 0.2) is 5.16 Å². The summed E-state index contributed by atoms with van der Waals surface area (Å²) in [6.07, 6.45) is 0.695. The lowest BCUT2D eigenvalue weighted by molar-refractivity contribution is 0.0123. The third-order valence-electron chi connectivity index (χ3n) is 2.42. The molecule has 0 amide bonds. The molecule has 0 aromatic carbocycles. The number of hydrogen-bond acceptors (Lipinski definition) is 5. The zero-order valence-electron chi connectivity index (χ0n) is 9.90. The highest BCUT2D eigenvalue weighted by molar-refractivity contribution is 8.13. The normalized spacial score (nSPS) is 18.0. The Kier molecular flexibility index (Phi) is 3.03. The summed E-state index contributed by atoms with van der Waals surface area (Å²) in [6.45, 7) is 3.87. The van der Waals surface area contributed by atoms with E-state index in [4.69, 9.17) is 4.84 Å².